The highest BCUT2D eigenvalue weighted by atomic mass is 16.2. The molecule has 0 aromatic heterocycles. The van der Waals surface area contributed by atoms with Crippen LogP contribution in [-0.2, 0) is 14.4 Å². The lowest BCUT2D eigenvalue weighted by Crippen LogP contribution is -2.47. The molecule has 0 aliphatic heterocycles. The molecular weight excluding hydrogens is 426 g/mol. The van der Waals surface area contributed by atoms with E-state index in [4.69, 9.17) is 0 Å². The van der Waals surface area contributed by atoms with Crippen LogP contribution in [0.2, 0.25) is 0 Å². The van der Waals surface area contributed by atoms with E-state index in [0.717, 1.165) is 38.5 Å². The summed E-state index contributed by atoms with van der Waals surface area (Å²) < 4.78 is 0. The fourth-order valence-electron chi connectivity index (χ4n) is 3.94. The molecule has 0 radical (unpaired) electrons. The number of nitrogens with one attached hydrogen (secondary N) is 3. The molecule has 0 rings (SSSR count). The molecule has 1 atom stereocenters. The van der Waals surface area contributed by atoms with Crippen molar-refractivity contribution in [1.29, 1.82) is 0 Å². The lowest BCUT2D eigenvalue weighted by atomic mass is 10.0. The number of unbranched alkanes of at least 4 members (excludes halogenated alkanes) is 13. The lowest BCUT2D eigenvalue weighted by molar-refractivity contribution is -0.129. The van der Waals surface area contributed by atoms with E-state index in [1.807, 2.05) is 0 Å². The Labute approximate surface area is 210 Å². The maximum atomic E-state index is 12.5. The summed E-state index contributed by atoms with van der Waals surface area (Å²) in [5, 5.41) is 8.65. The van der Waals surface area contributed by atoms with Crippen LogP contribution in [0.4, 0.5) is 0 Å². The fraction of sp³-hybridized carbons (Fsp3) is 0.893. The molecule has 0 unspecified atom stereocenters. The standard InChI is InChI=1S/C28H55N3O3/c1-4-7-10-11-12-13-14-15-16-17-18-19-20-27(33)31-25(28(34)30-24-9-6-3)21-22-26(32)29-23-8-5-2/h25H,4-24H2,1-3H3,(H,29,32)(H,30,34)(H,31,33)/t25-/m0/s1. The molecule has 0 saturated carbocycles. The summed E-state index contributed by atoms with van der Waals surface area (Å²) in [5.74, 6) is -0.331. The van der Waals surface area contributed by atoms with E-state index in [1.54, 1.807) is 0 Å². The van der Waals surface area contributed by atoms with Crippen LogP contribution in [0, 0.1) is 0 Å². The molecule has 34 heavy (non-hydrogen) atoms. The molecule has 6 nitrogen and oxygen atoms in total. The number of carbonyl (C=O) groups excluding carboxylic acids is 3. The molecule has 0 aromatic carbocycles. The summed E-state index contributed by atoms with van der Waals surface area (Å²) in [4.78, 5) is 37.0. The third-order valence-electron chi connectivity index (χ3n) is 6.25. The number of rotatable bonds is 24. The molecule has 0 aliphatic carbocycles. The summed E-state index contributed by atoms with van der Waals surface area (Å²) in [5.41, 5.74) is 0. The van der Waals surface area contributed by atoms with Gasteiger partial charge in [-0.3, -0.25) is 14.4 Å². The molecule has 0 aromatic rings. The Bertz CT molecular complexity index is 511. The van der Waals surface area contributed by atoms with E-state index in [-0.39, 0.29) is 24.1 Å². The zero-order valence-electron chi connectivity index (χ0n) is 22.7. The summed E-state index contributed by atoms with van der Waals surface area (Å²) in [6.07, 6.45) is 20.0. The molecule has 3 amide bonds. The Morgan fingerprint density at radius 3 is 1.53 bits per heavy atom. The Morgan fingerprint density at radius 2 is 1.00 bits per heavy atom. The van der Waals surface area contributed by atoms with Crippen molar-refractivity contribution in [2.45, 2.75) is 149 Å². The van der Waals surface area contributed by atoms with Crippen molar-refractivity contribution in [1.82, 2.24) is 16.0 Å². The second kappa shape index (κ2) is 24.5. The molecule has 0 saturated heterocycles. The smallest absolute Gasteiger partial charge is 0.242 e. The third-order valence-corrected chi connectivity index (χ3v) is 6.25. The minimum absolute atomic E-state index is 0.0602. The second-order valence-electron chi connectivity index (χ2n) is 9.65. The summed E-state index contributed by atoms with van der Waals surface area (Å²) in [6, 6.07) is -0.640. The molecule has 0 fully saturated rings. The molecule has 6 heteroatoms. The van der Waals surface area contributed by atoms with Gasteiger partial charge >= 0.3 is 0 Å². The zero-order valence-corrected chi connectivity index (χ0v) is 22.7. The van der Waals surface area contributed by atoms with Gasteiger partial charge in [-0.1, -0.05) is 104 Å². The molecular formula is C28H55N3O3. The Balaban J connectivity index is 4.09. The largest absolute Gasteiger partial charge is 0.356 e. The first-order valence-corrected chi connectivity index (χ1v) is 14.4. The van der Waals surface area contributed by atoms with Gasteiger partial charge < -0.3 is 16.0 Å². The second-order valence-corrected chi connectivity index (χ2v) is 9.65. The van der Waals surface area contributed by atoms with Gasteiger partial charge in [-0.25, -0.2) is 0 Å². The minimum Gasteiger partial charge on any atom is -0.356 e. The Hall–Kier alpha value is -1.59. The molecule has 0 aliphatic rings. The average molecular weight is 482 g/mol. The van der Waals surface area contributed by atoms with Gasteiger partial charge in [0, 0.05) is 25.9 Å². The first-order chi connectivity index (χ1) is 16.5. The first-order valence-electron chi connectivity index (χ1n) is 14.4. The van der Waals surface area contributed by atoms with E-state index in [0.29, 0.717) is 25.9 Å². The summed E-state index contributed by atoms with van der Waals surface area (Å²) >= 11 is 0. The highest BCUT2D eigenvalue weighted by Gasteiger charge is 2.21. The van der Waals surface area contributed by atoms with Crippen LogP contribution in [0.3, 0.4) is 0 Å². The van der Waals surface area contributed by atoms with Crippen molar-refractivity contribution >= 4 is 17.7 Å². The van der Waals surface area contributed by atoms with Crippen molar-refractivity contribution in [2.75, 3.05) is 13.1 Å². The molecule has 3 N–H and O–H groups in total. The van der Waals surface area contributed by atoms with Crippen LogP contribution in [-0.4, -0.2) is 36.9 Å². The molecule has 0 bridgehead atoms. The highest BCUT2D eigenvalue weighted by molar-refractivity contribution is 5.88. The number of amides is 3. The van der Waals surface area contributed by atoms with E-state index in [9.17, 15) is 14.4 Å². The van der Waals surface area contributed by atoms with Gasteiger partial charge in [0.1, 0.15) is 6.04 Å². The third kappa shape index (κ3) is 21.0. The van der Waals surface area contributed by atoms with Gasteiger partial charge in [0.2, 0.25) is 17.7 Å². The summed E-state index contributed by atoms with van der Waals surface area (Å²) in [7, 11) is 0. The van der Waals surface area contributed by atoms with Gasteiger partial charge in [-0.2, -0.15) is 0 Å². The highest BCUT2D eigenvalue weighted by Crippen LogP contribution is 2.12. The van der Waals surface area contributed by atoms with E-state index in [1.165, 1.54) is 64.2 Å². The van der Waals surface area contributed by atoms with Gasteiger partial charge in [-0.15, -0.1) is 0 Å². The minimum atomic E-state index is -0.640. The topological polar surface area (TPSA) is 87.3 Å². The molecule has 200 valence electrons. The normalized spacial score (nSPS) is 11.7. The van der Waals surface area contributed by atoms with Crippen molar-refractivity contribution in [2.24, 2.45) is 0 Å². The fourth-order valence-corrected chi connectivity index (χ4v) is 3.94. The Kier molecular flexibility index (Phi) is 23.4. The monoisotopic (exact) mass is 481 g/mol. The predicted octanol–water partition coefficient (Wildman–Crippen LogP) is 6.18. The van der Waals surface area contributed by atoms with Gasteiger partial charge in [0.25, 0.3) is 0 Å². The number of carbonyl (C=O) groups is 3. The van der Waals surface area contributed by atoms with E-state index >= 15 is 0 Å². The van der Waals surface area contributed by atoms with Crippen LogP contribution in [0.15, 0.2) is 0 Å². The predicted molar refractivity (Wildman–Crippen MR) is 143 cm³/mol. The zero-order chi connectivity index (χ0) is 25.3. The van der Waals surface area contributed by atoms with E-state index in [2.05, 4.69) is 36.7 Å². The van der Waals surface area contributed by atoms with Crippen molar-refractivity contribution in [3.63, 3.8) is 0 Å². The average Bonchev–Trinajstić information content (AvgIpc) is 2.82. The van der Waals surface area contributed by atoms with Crippen molar-refractivity contribution < 1.29 is 14.4 Å². The SMILES string of the molecule is CCCCCCCCCCCCCCC(=O)N[C@@H](CCC(=O)NCCCC)C(=O)NCCCC. The van der Waals surface area contributed by atoms with Crippen molar-refractivity contribution in [3.8, 4) is 0 Å². The van der Waals surface area contributed by atoms with Crippen LogP contribution >= 0.6 is 0 Å². The summed E-state index contributed by atoms with van der Waals surface area (Å²) in [6.45, 7) is 7.66. The maximum Gasteiger partial charge on any atom is 0.242 e. The maximum absolute atomic E-state index is 12.5. The van der Waals surface area contributed by atoms with E-state index < -0.39 is 6.04 Å². The molecule has 0 spiro atoms. The van der Waals surface area contributed by atoms with Crippen LogP contribution in [0.1, 0.15) is 143 Å². The molecule has 0 heterocycles. The van der Waals surface area contributed by atoms with Crippen LogP contribution in [0.5, 0.6) is 0 Å². The van der Waals surface area contributed by atoms with Gasteiger partial charge in [-0.05, 0) is 25.7 Å². The van der Waals surface area contributed by atoms with Gasteiger partial charge in [0.05, 0.1) is 0 Å². The van der Waals surface area contributed by atoms with Crippen LogP contribution in [0.25, 0.3) is 0 Å². The van der Waals surface area contributed by atoms with Crippen molar-refractivity contribution in [3.05, 3.63) is 0 Å². The Morgan fingerprint density at radius 1 is 0.529 bits per heavy atom. The quantitative estimate of drug-likeness (QED) is 0.144. The number of hydrogen-bond donors (Lipinski definition) is 3. The number of hydrogen-bond acceptors (Lipinski definition) is 3. The van der Waals surface area contributed by atoms with Crippen LogP contribution < -0.4 is 16.0 Å². The first kappa shape index (κ1) is 32.4. The lowest BCUT2D eigenvalue weighted by Gasteiger charge is -2.18. The van der Waals surface area contributed by atoms with Gasteiger partial charge in [0.15, 0.2) is 0 Å².